The van der Waals surface area contributed by atoms with E-state index in [1.54, 1.807) is 0 Å². The van der Waals surface area contributed by atoms with E-state index in [1.165, 1.54) is 12.1 Å². The highest BCUT2D eigenvalue weighted by Crippen LogP contribution is 2.20. The van der Waals surface area contributed by atoms with Gasteiger partial charge in [0.1, 0.15) is 17.7 Å². The summed E-state index contributed by atoms with van der Waals surface area (Å²) in [5.41, 5.74) is 1.30. The maximum atomic E-state index is 14.1. The van der Waals surface area contributed by atoms with Gasteiger partial charge in [-0.25, -0.2) is 8.78 Å². The van der Waals surface area contributed by atoms with E-state index in [-0.39, 0.29) is 11.9 Å². The van der Waals surface area contributed by atoms with Crippen molar-refractivity contribution in [3.63, 3.8) is 0 Å². The first-order valence-electron chi connectivity index (χ1n) is 8.70. The Morgan fingerprint density at radius 3 is 2.40 bits per heavy atom. The van der Waals surface area contributed by atoms with Gasteiger partial charge in [-0.1, -0.05) is 30.3 Å². The van der Waals surface area contributed by atoms with Gasteiger partial charge in [0.05, 0.1) is 0 Å². The second-order valence-corrected chi connectivity index (χ2v) is 6.57. The summed E-state index contributed by atoms with van der Waals surface area (Å²) in [5, 5.41) is 1.87. The van der Waals surface area contributed by atoms with Crippen LogP contribution in [0.3, 0.4) is 0 Å². The summed E-state index contributed by atoms with van der Waals surface area (Å²) in [6, 6.07) is 12.4. The fraction of sp³-hybridized carbons (Fsp3) is 0.350. The van der Waals surface area contributed by atoms with Crippen molar-refractivity contribution < 1.29 is 18.9 Å². The van der Waals surface area contributed by atoms with Gasteiger partial charge in [0.2, 0.25) is 0 Å². The zero-order valence-electron chi connectivity index (χ0n) is 14.3. The maximum Gasteiger partial charge on any atom is 0.285 e. The molecule has 2 atom stereocenters. The smallest absolute Gasteiger partial charge is 0.285 e. The Hall–Kier alpha value is -2.27. The summed E-state index contributed by atoms with van der Waals surface area (Å²) < 4.78 is 27.3. The Morgan fingerprint density at radius 2 is 1.76 bits per heavy atom. The first-order chi connectivity index (χ1) is 12.1. The lowest BCUT2D eigenvalue weighted by Crippen LogP contribution is -2.88. The molecule has 3 nitrogen and oxygen atoms in total. The van der Waals surface area contributed by atoms with E-state index in [1.807, 2.05) is 47.5 Å². The molecule has 0 aliphatic carbocycles. The van der Waals surface area contributed by atoms with Crippen LogP contribution < -0.4 is 5.32 Å². The van der Waals surface area contributed by atoms with Gasteiger partial charge >= 0.3 is 0 Å². The number of amides is 1. The summed E-state index contributed by atoms with van der Waals surface area (Å²) in [7, 11) is 0. The molecule has 0 unspecified atom stereocenters. The van der Waals surface area contributed by atoms with Crippen LogP contribution in [0.4, 0.5) is 8.78 Å². The van der Waals surface area contributed by atoms with E-state index < -0.39 is 17.7 Å². The van der Waals surface area contributed by atoms with Crippen molar-refractivity contribution in [3.8, 4) is 0 Å². The fourth-order valence-corrected chi connectivity index (χ4v) is 3.39. The van der Waals surface area contributed by atoms with E-state index in [9.17, 15) is 13.6 Å². The lowest BCUT2D eigenvalue weighted by Gasteiger charge is -2.24. The van der Waals surface area contributed by atoms with Crippen molar-refractivity contribution in [2.45, 2.75) is 31.8 Å². The van der Waals surface area contributed by atoms with Gasteiger partial charge in [-0.05, 0) is 31.9 Å². The van der Waals surface area contributed by atoms with Crippen LogP contribution >= 0.6 is 0 Å². The molecule has 0 spiro atoms. The number of likely N-dealkylation sites (tertiary alicyclic amines) is 1. The van der Waals surface area contributed by atoms with E-state index in [4.69, 9.17) is 0 Å². The molecule has 2 aromatic carbocycles. The summed E-state index contributed by atoms with van der Waals surface area (Å²) in [5.74, 6) is -1.12. The van der Waals surface area contributed by atoms with Crippen molar-refractivity contribution in [1.29, 1.82) is 0 Å². The molecule has 0 aromatic heterocycles. The quantitative estimate of drug-likeness (QED) is 0.889. The molecule has 1 saturated heterocycles. The first kappa shape index (κ1) is 17.5. The molecule has 132 valence electrons. The van der Waals surface area contributed by atoms with Crippen LogP contribution in [0.25, 0.3) is 0 Å². The Balaban J connectivity index is 1.85. The number of rotatable bonds is 5. The van der Waals surface area contributed by atoms with E-state index in [0.717, 1.165) is 37.6 Å². The molecule has 25 heavy (non-hydrogen) atoms. The molecule has 0 saturated carbocycles. The van der Waals surface area contributed by atoms with Crippen LogP contribution in [-0.4, -0.2) is 23.9 Å². The van der Waals surface area contributed by atoms with E-state index in [2.05, 4.69) is 0 Å². The molecule has 3 rings (SSSR count). The third-order valence-electron chi connectivity index (χ3n) is 4.78. The summed E-state index contributed by atoms with van der Waals surface area (Å²) in [4.78, 5) is 14.9. The Morgan fingerprint density at radius 1 is 1.08 bits per heavy atom. The molecule has 1 heterocycles. The van der Waals surface area contributed by atoms with Crippen LogP contribution in [0, 0.1) is 11.6 Å². The number of carbonyl (C=O) groups excluding carboxylic acids is 1. The van der Waals surface area contributed by atoms with Gasteiger partial charge in [-0.15, -0.1) is 0 Å². The number of carbonyl (C=O) groups is 1. The number of quaternary nitrogens is 1. The molecule has 1 amide bonds. The number of hydrogen-bond donors (Lipinski definition) is 1. The van der Waals surface area contributed by atoms with Crippen molar-refractivity contribution in [1.82, 2.24) is 4.90 Å². The number of benzene rings is 2. The minimum atomic E-state index is -0.596. The van der Waals surface area contributed by atoms with Crippen molar-refractivity contribution >= 4 is 5.91 Å². The third-order valence-corrected chi connectivity index (χ3v) is 4.78. The van der Waals surface area contributed by atoms with Gasteiger partial charge in [0, 0.05) is 30.3 Å². The highest BCUT2D eigenvalue weighted by atomic mass is 19.1. The normalized spacial score (nSPS) is 16.7. The molecule has 1 fully saturated rings. The molecule has 0 bridgehead atoms. The fourth-order valence-electron chi connectivity index (χ4n) is 3.39. The standard InChI is InChI=1S/C20H22F2N2O/c1-14(17-10-9-16(21)13-18(17)22)23-19(15-7-3-2-4-8-15)20(25)24-11-5-6-12-24/h2-4,7-10,13-14,19,23H,5-6,11-12H2,1H3/p+1/t14-,19-/m1/s1. The summed E-state index contributed by atoms with van der Waals surface area (Å²) in [6.45, 7) is 3.38. The molecule has 2 aromatic rings. The van der Waals surface area contributed by atoms with Crippen LogP contribution in [0.1, 0.15) is 43.0 Å². The average molecular weight is 345 g/mol. The third kappa shape index (κ3) is 4.04. The van der Waals surface area contributed by atoms with Crippen LogP contribution in [0.2, 0.25) is 0 Å². The van der Waals surface area contributed by atoms with Crippen LogP contribution in [0.5, 0.6) is 0 Å². The van der Waals surface area contributed by atoms with Gasteiger partial charge in [0.15, 0.2) is 6.04 Å². The number of nitrogens with zero attached hydrogens (tertiary/aromatic N) is 1. The molecular formula is C20H23F2N2O+. The molecule has 2 N–H and O–H groups in total. The topological polar surface area (TPSA) is 36.9 Å². The minimum absolute atomic E-state index is 0.0538. The molecule has 1 aliphatic rings. The zero-order valence-corrected chi connectivity index (χ0v) is 14.3. The number of hydrogen-bond acceptors (Lipinski definition) is 1. The van der Waals surface area contributed by atoms with Gasteiger partial charge in [-0.3, -0.25) is 4.79 Å². The predicted molar refractivity (Wildman–Crippen MR) is 91.7 cm³/mol. The number of halogens is 2. The highest BCUT2D eigenvalue weighted by molar-refractivity contribution is 5.82. The second-order valence-electron chi connectivity index (χ2n) is 6.57. The van der Waals surface area contributed by atoms with E-state index in [0.29, 0.717) is 5.56 Å². The lowest BCUT2D eigenvalue weighted by molar-refractivity contribution is -0.720. The SMILES string of the molecule is C[C@@H]([NH2+][C@@H](C(=O)N1CCCC1)c1ccccc1)c1ccc(F)cc1F. The molecule has 5 heteroatoms. The summed E-state index contributed by atoms with van der Waals surface area (Å²) >= 11 is 0. The van der Waals surface area contributed by atoms with Gasteiger partial charge in [0.25, 0.3) is 5.91 Å². The Bertz CT molecular complexity index is 730. The van der Waals surface area contributed by atoms with Crippen molar-refractivity contribution in [2.24, 2.45) is 0 Å². The Labute approximate surface area is 146 Å². The Kier molecular flexibility index (Phi) is 5.43. The zero-order chi connectivity index (χ0) is 17.8. The van der Waals surface area contributed by atoms with Crippen LogP contribution in [-0.2, 0) is 4.79 Å². The predicted octanol–water partition coefficient (Wildman–Crippen LogP) is 2.95. The first-order valence-corrected chi connectivity index (χ1v) is 8.70. The largest absolute Gasteiger partial charge is 0.337 e. The lowest BCUT2D eigenvalue weighted by atomic mass is 10.0. The van der Waals surface area contributed by atoms with Crippen molar-refractivity contribution in [3.05, 3.63) is 71.3 Å². The average Bonchev–Trinajstić information content (AvgIpc) is 3.14. The van der Waals surface area contributed by atoms with E-state index >= 15 is 0 Å². The molecule has 0 radical (unpaired) electrons. The van der Waals surface area contributed by atoms with Gasteiger partial charge in [-0.2, -0.15) is 0 Å². The number of nitrogens with two attached hydrogens (primary N) is 1. The molecule has 1 aliphatic heterocycles. The monoisotopic (exact) mass is 345 g/mol. The minimum Gasteiger partial charge on any atom is -0.337 e. The molecular weight excluding hydrogens is 322 g/mol. The second kappa shape index (κ2) is 7.74. The van der Waals surface area contributed by atoms with Crippen LogP contribution in [0.15, 0.2) is 48.5 Å². The van der Waals surface area contributed by atoms with Gasteiger partial charge < -0.3 is 10.2 Å². The maximum absolute atomic E-state index is 14.1. The van der Waals surface area contributed by atoms with Crippen molar-refractivity contribution in [2.75, 3.05) is 13.1 Å². The highest BCUT2D eigenvalue weighted by Gasteiger charge is 2.32. The summed E-state index contributed by atoms with van der Waals surface area (Å²) in [6.07, 6.45) is 2.05.